The quantitative estimate of drug-likeness (QED) is 0.492. The molecule has 18 heavy (non-hydrogen) atoms. The molecule has 0 saturated carbocycles. The average molecular weight is 259 g/mol. The van der Waals surface area contributed by atoms with E-state index in [1.54, 1.807) is 5.32 Å². The second-order valence-corrected chi connectivity index (χ2v) is 3.10. The van der Waals surface area contributed by atoms with Gasteiger partial charge in [0.25, 0.3) is 0 Å². The molecular formula is C9H9NO8. The van der Waals surface area contributed by atoms with Gasteiger partial charge < -0.3 is 34.8 Å². The summed E-state index contributed by atoms with van der Waals surface area (Å²) in [5.74, 6) is -6.31. The van der Waals surface area contributed by atoms with E-state index >= 15 is 0 Å². The van der Waals surface area contributed by atoms with Crippen LogP contribution in [0.15, 0.2) is 0 Å². The number of amides is 1. The Labute approximate surface area is 102 Å². The predicted molar refractivity (Wildman–Crippen MR) is 46.3 cm³/mol. The zero-order valence-corrected chi connectivity index (χ0v) is 9.22. The Morgan fingerprint density at radius 2 is 1.39 bits per heavy atom. The monoisotopic (exact) mass is 259 g/mol. The number of aliphatic hydroxyl groups is 1. The van der Waals surface area contributed by atoms with E-state index in [2.05, 4.69) is 0 Å². The van der Waals surface area contributed by atoms with E-state index in [4.69, 9.17) is 12.2 Å². The third-order valence-corrected chi connectivity index (χ3v) is 1.43. The van der Waals surface area contributed by atoms with E-state index in [0.29, 0.717) is 0 Å². The van der Waals surface area contributed by atoms with Crippen LogP contribution >= 0.6 is 0 Å². The summed E-state index contributed by atoms with van der Waals surface area (Å²) < 4.78 is 0. The summed E-state index contributed by atoms with van der Waals surface area (Å²) in [6.07, 6.45) is -2.72. The molecule has 0 fully saturated rings. The van der Waals surface area contributed by atoms with Crippen molar-refractivity contribution in [1.29, 1.82) is 0 Å². The van der Waals surface area contributed by atoms with Gasteiger partial charge in [0, 0.05) is 24.8 Å². The standard InChI is InChI=1S/C6H8O7.C3H4NO/c7-3(8)1-6(13,5(11)12)2-4(9)10;1-3(5)4-2/h13H,1-2H2,(H,7,8)(H,9,10)(H,11,12);1H3,(H,4,5)/q;+3/p-3. The number of hydrogen-bond donors (Lipinski definition) is 2. The molecule has 0 spiro atoms. The van der Waals surface area contributed by atoms with Crippen molar-refractivity contribution in [2.45, 2.75) is 25.4 Å². The van der Waals surface area contributed by atoms with Crippen LogP contribution in [0.4, 0.5) is 0 Å². The molecule has 0 aromatic heterocycles. The van der Waals surface area contributed by atoms with E-state index in [-0.39, 0.29) is 5.91 Å². The zero-order valence-electron chi connectivity index (χ0n) is 9.22. The zero-order chi connectivity index (χ0) is 14.9. The Morgan fingerprint density at radius 1 is 1.11 bits per heavy atom. The number of hydrogen-bond acceptors (Lipinski definition) is 8. The number of rotatable bonds is 5. The van der Waals surface area contributed by atoms with Crippen molar-refractivity contribution in [2.24, 2.45) is 0 Å². The fourth-order valence-electron chi connectivity index (χ4n) is 0.684. The molecule has 0 atom stereocenters. The van der Waals surface area contributed by atoms with Gasteiger partial charge in [-0.05, 0) is 0 Å². The number of aliphatic carboxylic acids is 3. The third-order valence-electron chi connectivity index (χ3n) is 1.43. The van der Waals surface area contributed by atoms with E-state index < -0.39 is 36.4 Å². The molecule has 9 nitrogen and oxygen atoms in total. The Balaban J connectivity index is 0. The van der Waals surface area contributed by atoms with Gasteiger partial charge in [-0.15, -0.1) is 0 Å². The van der Waals surface area contributed by atoms with E-state index in [0.717, 1.165) is 0 Å². The van der Waals surface area contributed by atoms with Crippen LogP contribution in [0, 0.1) is 7.05 Å². The number of nitrogens with one attached hydrogen (secondary N) is 1. The Bertz CT molecular complexity index is 321. The second kappa shape index (κ2) is 8.01. The van der Waals surface area contributed by atoms with Gasteiger partial charge >= 0.3 is 30.0 Å². The maximum atomic E-state index is 10.1. The fourth-order valence-corrected chi connectivity index (χ4v) is 0.684. The second-order valence-electron chi connectivity index (χ2n) is 3.10. The summed E-state index contributed by atoms with van der Waals surface area (Å²) in [6.45, 7) is 1.28. The van der Waals surface area contributed by atoms with Crippen molar-refractivity contribution in [3.05, 3.63) is 7.05 Å². The van der Waals surface area contributed by atoms with Crippen molar-refractivity contribution < 1.29 is 39.6 Å². The van der Waals surface area contributed by atoms with Crippen LogP contribution in [0.25, 0.3) is 0 Å². The van der Waals surface area contributed by atoms with E-state index in [1.807, 2.05) is 0 Å². The Hall–Kier alpha value is -2.16. The first kappa shape index (κ1) is 18.2. The summed E-state index contributed by atoms with van der Waals surface area (Å²) in [4.78, 5) is 39.5. The van der Waals surface area contributed by atoms with Crippen LogP contribution in [0.5, 0.6) is 0 Å². The van der Waals surface area contributed by atoms with Crippen molar-refractivity contribution in [1.82, 2.24) is 5.32 Å². The van der Waals surface area contributed by atoms with Gasteiger partial charge in [0.05, 0.1) is 5.97 Å². The molecule has 2 N–H and O–H groups in total. The molecule has 0 radical (unpaired) electrons. The molecule has 0 aromatic rings. The van der Waals surface area contributed by atoms with Crippen LogP contribution in [-0.4, -0.2) is 34.5 Å². The summed E-state index contributed by atoms with van der Waals surface area (Å²) in [5, 5.41) is 40.6. The molecule has 0 aliphatic heterocycles. The van der Waals surface area contributed by atoms with Gasteiger partial charge in [-0.1, -0.05) is 0 Å². The SMILES string of the molecule is O=C([O-])CC(O)(CC(=O)[O-])C(=O)[O-].[C+3]NC(C)=O. The first-order valence-corrected chi connectivity index (χ1v) is 4.32. The summed E-state index contributed by atoms with van der Waals surface area (Å²) in [6, 6.07) is 0. The van der Waals surface area contributed by atoms with Gasteiger partial charge in [-0.3, -0.25) is 0 Å². The van der Waals surface area contributed by atoms with Gasteiger partial charge in [0.15, 0.2) is 0 Å². The minimum atomic E-state index is -2.97. The summed E-state index contributed by atoms with van der Waals surface area (Å²) >= 11 is 0. The van der Waals surface area contributed by atoms with E-state index in [9.17, 15) is 34.5 Å². The molecular weight excluding hydrogens is 250 g/mol. The van der Waals surface area contributed by atoms with Gasteiger partial charge in [0.1, 0.15) is 5.60 Å². The van der Waals surface area contributed by atoms with Crippen LogP contribution < -0.4 is 20.6 Å². The first-order valence-electron chi connectivity index (χ1n) is 4.32. The number of carboxylic acid groups (broad SMARTS) is 3. The molecule has 0 saturated heterocycles. The molecule has 9 heteroatoms. The van der Waals surface area contributed by atoms with Crippen molar-refractivity contribution in [3.8, 4) is 0 Å². The van der Waals surface area contributed by atoms with Crippen molar-refractivity contribution in [3.63, 3.8) is 0 Å². The molecule has 0 heterocycles. The molecule has 0 aliphatic carbocycles. The Morgan fingerprint density at radius 3 is 1.50 bits per heavy atom. The van der Waals surface area contributed by atoms with Gasteiger partial charge in [-0.25, -0.2) is 0 Å². The summed E-state index contributed by atoms with van der Waals surface area (Å²) in [7, 11) is 6.06. The van der Waals surface area contributed by atoms with Crippen molar-refractivity contribution in [2.75, 3.05) is 0 Å². The number of carbonyl (C=O) groups is 4. The topological polar surface area (TPSA) is 170 Å². The van der Waals surface area contributed by atoms with Gasteiger partial charge in [0.2, 0.25) is 0 Å². The Kier molecular flexibility index (Phi) is 8.10. The normalized spacial score (nSPS) is 9.78. The van der Waals surface area contributed by atoms with Crippen LogP contribution in [0.2, 0.25) is 0 Å². The van der Waals surface area contributed by atoms with E-state index in [1.165, 1.54) is 6.92 Å². The first-order chi connectivity index (χ1) is 8.05. The minimum absolute atomic E-state index is 0.329. The average Bonchev–Trinajstić information content (AvgIpc) is 2.15. The van der Waals surface area contributed by atoms with Crippen LogP contribution in [0.1, 0.15) is 19.8 Å². The maximum absolute atomic E-state index is 10.1. The fraction of sp³-hybridized carbons (Fsp3) is 0.444. The summed E-state index contributed by atoms with van der Waals surface area (Å²) in [5.41, 5.74) is -2.97. The third kappa shape index (κ3) is 9.09. The molecule has 0 rings (SSSR count). The molecule has 1 amide bonds. The predicted octanol–water partition coefficient (Wildman–Crippen LogP) is -5.58. The molecule has 0 unspecified atom stereocenters. The molecule has 0 aromatic carbocycles. The number of carbonyl (C=O) groups excluding carboxylic acids is 4. The number of carboxylic acids is 3. The molecule has 0 bridgehead atoms. The van der Waals surface area contributed by atoms with Crippen LogP contribution in [0.3, 0.4) is 0 Å². The van der Waals surface area contributed by atoms with Crippen LogP contribution in [-0.2, 0) is 19.2 Å². The molecule has 98 valence electrons. The van der Waals surface area contributed by atoms with Crippen molar-refractivity contribution >= 4 is 23.8 Å². The molecule has 0 aliphatic rings. The van der Waals surface area contributed by atoms with Gasteiger partial charge in [-0.2, -0.15) is 0 Å².